The van der Waals surface area contributed by atoms with Gasteiger partial charge < -0.3 is 25.3 Å². The molecule has 4 fully saturated rings. The maximum atomic E-state index is 14.7. The Morgan fingerprint density at radius 3 is 1.91 bits per heavy atom. The van der Waals surface area contributed by atoms with Crippen LogP contribution in [0.25, 0.3) is 0 Å². The standard InChI is InChI=1S/C21H28FN3S.C14H16ClFO.C7H15N3S/c1-24-12-7-13-25(15-14-24)20-23-19(16-26-20)21(10-5-2-6-11-21)17-8-3-4-9-18(17)22;15-10-13(17)14(8-4-1-5-9-14)11-6-2-3-7-12(11)16;1-9-3-2-4-10(6-5-9)7(8)11/h3-4,8-9,16H,2,5-7,10-15H2,1H3;2-3,6-7H,1,4-5,8-10H2;2-6H2,1H3,(H2,8,11). The molecular weight excluding hydrogens is 742 g/mol. The Kier molecular flexibility index (Phi) is 16.1. The van der Waals surface area contributed by atoms with Crippen LogP contribution >= 0.6 is 35.2 Å². The molecule has 0 radical (unpaired) electrons. The Hall–Kier alpha value is -2.70. The van der Waals surface area contributed by atoms with E-state index < -0.39 is 5.41 Å². The smallest absolute Gasteiger partial charge is 0.185 e. The lowest BCUT2D eigenvalue weighted by Crippen LogP contribution is -2.39. The van der Waals surface area contributed by atoms with Crippen LogP contribution in [0.3, 0.4) is 0 Å². The Balaban J connectivity index is 0.000000172. The molecule has 2 aromatic carbocycles. The van der Waals surface area contributed by atoms with Crippen LogP contribution in [-0.4, -0.2) is 103 Å². The zero-order chi connectivity index (χ0) is 38.6. The van der Waals surface area contributed by atoms with E-state index in [1.807, 2.05) is 12.1 Å². The number of nitrogens with zero attached hydrogens (tertiary/aromatic N) is 5. The van der Waals surface area contributed by atoms with E-state index in [1.165, 1.54) is 18.9 Å². The van der Waals surface area contributed by atoms with Crippen molar-refractivity contribution in [2.45, 2.75) is 87.9 Å². The third-order valence-corrected chi connectivity index (χ3v) is 13.3. The van der Waals surface area contributed by atoms with Gasteiger partial charge in [0.25, 0.3) is 0 Å². The summed E-state index contributed by atoms with van der Waals surface area (Å²) in [5, 5.41) is 3.85. The Bertz CT molecular complexity index is 1650. The van der Waals surface area contributed by atoms with Crippen molar-refractivity contribution in [1.29, 1.82) is 0 Å². The molecule has 54 heavy (non-hydrogen) atoms. The minimum absolute atomic E-state index is 0.0334. The largest absolute Gasteiger partial charge is 0.376 e. The number of carbonyl (C=O) groups is 1. The summed E-state index contributed by atoms with van der Waals surface area (Å²) in [4.78, 5) is 26.4. The van der Waals surface area contributed by atoms with E-state index in [-0.39, 0.29) is 28.7 Å². The van der Waals surface area contributed by atoms with Gasteiger partial charge in [0, 0.05) is 55.6 Å². The molecule has 2 N–H and O–H groups in total. The number of thiazole rings is 1. The van der Waals surface area contributed by atoms with Crippen molar-refractivity contribution >= 4 is 51.2 Å². The van der Waals surface area contributed by atoms with Gasteiger partial charge in [-0.05, 0) is 95.6 Å². The number of aromatic nitrogens is 1. The molecule has 0 bridgehead atoms. The van der Waals surface area contributed by atoms with E-state index in [9.17, 15) is 13.6 Å². The van der Waals surface area contributed by atoms with Crippen molar-refractivity contribution < 1.29 is 13.6 Å². The van der Waals surface area contributed by atoms with Crippen LogP contribution < -0.4 is 10.6 Å². The van der Waals surface area contributed by atoms with Gasteiger partial charge in [0.2, 0.25) is 0 Å². The van der Waals surface area contributed by atoms with E-state index in [0.717, 1.165) is 133 Å². The molecule has 0 unspecified atom stereocenters. The first-order valence-electron chi connectivity index (χ1n) is 19.8. The second-order valence-electron chi connectivity index (χ2n) is 15.4. The summed E-state index contributed by atoms with van der Waals surface area (Å²) in [5.74, 6) is -0.439. The van der Waals surface area contributed by atoms with Gasteiger partial charge in [-0.25, -0.2) is 13.8 Å². The number of benzene rings is 2. The van der Waals surface area contributed by atoms with Crippen molar-refractivity contribution in [3.8, 4) is 0 Å². The van der Waals surface area contributed by atoms with Crippen LogP contribution in [0, 0.1) is 11.6 Å². The summed E-state index contributed by atoms with van der Waals surface area (Å²) in [6, 6.07) is 13.9. The van der Waals surface area contributed by atoms with Gasteiger partial charge in [0.05, 0.1) is 17.0 Å². The summed E-state index contributed by atoms with van der Waals surface area (Å²) in [6.07, 6.45) is 12.4. The number of anilines is 1. The molecular formula is C42H59ClF2N6OS2. The second-order valence-corrected chi connectivity index (χ2v) is 17.0. The number of rotatable bonds is 6. The number of nitrogens with two attached hydrogens (primary N) is 1. The third kappa shape index (κ3) is 10.6. The van der Waals surface area contributed by atoms with Gasteiger partial charge in [0.1, 0.15) is 11.6 Å². The zero-order valence-corrected chi connectivity index (χ0v) is 34.6. The average Bonchev–Trinajstić information content (AvgIpc) is 3.45. The molecule has 0 atom stereocenters. The lowest BCUT2D eigenvalue weighted by molar-refractivity contribution is -0.123. The number of hydrogen-bond acceptors (Lipinski definition) is 7. The first-order chi connectivity index (χ1) is 26.1. The topological polar surface area (TPSA) is 68.9 Å². The molecule has 7 nitrogen and oxygen atoms in total. The zero-order valence-electron chi connectivity index (χ0n) is 32.2. The highest BCUT2D eigenvalue weighted by Crippen LogP contribution is 2.47. The van der Waals surface area contributed by atoms with Crippen LogP contribution in [0.1, 0.15) is 93.9 Å². The highest BCUT2D eigenvalue weighted by Gasteiger charge is 2.42. The van der Waals surface area contributed by atoms with Crippen molar-refractivity contribution in [2.75, 3.05) is 77.2 Å². The molecule has 7 rings (SSSR count). The predicted molar refractivity (Wildman–Crippen MR) is 224 cm³/mol. The quantitative estimate of drug-likeness (QED) is 0.197. The summed E-state index contributed by atoms with van der Waals surface area (Å²) >= 11 is 12.3. The Labute approximate surface area is 336 Å². The monoisotopic (exact) mass is 800 g/mol. The fourth-order valence-electron chi connectivity index (χ4n) is 8.63. The molecule has 12 heteroatoms. The number of Topliss-reactive ketones (excluding diaryl/α,β-unsaturated/α-hetero) is 1. The van der Waals surface area contributed by atoms with Gasteiger partial charge >= 0.3 is 0 Å². The second kappa shape index (κ2) is 20.5. The maximum absolute atomic E-state index is 14.7. The first-order valence-corrected chi connectivity index (χ1v) is 21.6. The Morgan fingerprint density at radius 2 is 1.31 bits per heavy atom. The molecule has 1 aromatic heterocycles. The minimum Gasteiger partial charge on any atom is -0.376 e. The molecule has 4 aliphatic rings. The fourth-order valence-corrected chi connectivity index (χ4v) is 10.0. The molecule has 3 heterocycles. The van der Waals surface area contributed by atoms with Crippen molar-refractivity contribution in [1.82, 2.24) is 19.7 Å². The van der Waals surface area contributed by atoms with Crippen LogP contribution in [0.5, 0.6) is 0 Å². The van der Waals surface area contributed by atoms with E-state index >= 15 is 0 Å². The number of likely N-dealkylation sites (N-methyl/N-ethyl adjacent to an activating group) is 2. The minimum atomic E-state index is -0.675. The van der Waals surface area contributed by atoms with Gasteiger partial charge in [-0.2, -0.15) is 0 Å². The van der Waals surface area contributed by atoms with Crippen molar-refractivity contribution in [3.05, 3.63) is 82.4 Å². The number of alkyl halides is 1. The van der Waals surface area contributed by atoms with Crippen molar-refractivity contribution in [2.24, 2.45) is 5.73 Å². The van der Waals surface area contributed by atoms with Crippen LogP contribution in [-0.2, 0) is 15.6 Å². The molecule has 2 aliphatic heterocycles. The number of thiocarbonyl (C=S) groups is 1. The van der Waals surface area contributed by atoms with Crippen LogP contribution in [0.2, 0.25) is 0 Å². The highest BCUT2D eigenvalue weighted by atomic mass is 35.5. The third-order valence-electron chi connectivity index (χ3n) is 11.9. The first kappa shape index (κ1) is 42.4. The number of carbonyl (C=O) groups excluding carboxylic acids is 1. The van der Waals surface area contributed by atoms with E-state index in [2.05, 4.69) is 39.1 Å². The molecule has 2 aliphatic carbocycles. The molecule has 0 amide bonds. The van der Waals surface area contributed by atoms with Crippen LogP contribution in [0.15, 0.2) is 53.9 Å². The van der Waals surface area contributed by atoms with Gasteiger partial charge in [-0.1, -0.05) is 74.9 Å². The number of hydrogen-bond donors (Lipinski definition) is 1. The number of halogens is 3. The Morgan fingerprint density at radius 1 is 0.759 bits per heavy atom. The summed E-state index contributed by atoms with van der Waals surface area (Å²) in [5.41, 5.74) is 7.05. The highest BCUT2D eigenvalue weighted by molar-refractivity contribution is 7.80. The SMILES string of the molecule is CN1CCCN(C(N)=S)CC1.CN1CCCN(c2nc(C3(c4ccccc4F)CCCCC3)cs2)CC1.O=C(CCl)C1(c2ccccc2F)CCCCC1. The van der Waals surface area contributed by atoms with Crippen LogP contribution in [0.4, 0.5) is 13.9 Å². The van der Waals surface area contributed by atoms with Crippen molar-refractivity contribution in [3.63, 3.8) is 0 Å². The molecule has 2 saturated carbocycles. The van der Waals surface area contributed by atoms with Gasteiger partial charge in [0.15, 0.2) is 16.0 Å². The lowest BCUT2D eigenvalue weighted by atomic mass is 9.67. The molecule has 296 valence electrons. The summed E-state index contributed by atoms with van der Waals surface area (Å²) in [7, 11) is 4.31. The molecule has 3 aromatic rings. The lowest BCUT2D eigenvalue weighted by Gasteiger charge is -2.37. The molecule has 2 saturated heterocycles. The predicted octanol–water partition coefficient (Wildman–Crippen LogP) is 8.38. The van der Waals surface area contributed by atoms with Gasteiger partial charge in [-0.3, -0.25) is 4.79 Å². The van der Waals surface area contributed by atoms with Gasteiger partial charge in [-0.15, -0.1) is 22.9 Å². The van der Waals surface area contributed by atoms with E-state index in [4.69, 9.17) is 34.5 Å². The fraction of sp³-hybridized carbons (Fsp3) is 0.595. The normalized spacial score (nSPS) is 20.7. The summed E-state index contributed by atoms with van der Waals surface area (Å²) < 4.78 is 28.6. The maximum Gasteiger partial charge on any atom is 0.185 e. The van der Waals surface area contributed by atoms with E-state index in [0.29, 0.717) is 10.7 Å². The average molecular weight is 802 g/mol. The van der Waals surface area contributed by atoms with E-state index in [1.54, 1.807) is 41.7 Å². The summed E-state index contributed by atoms with van der Waals surface area (Å²) in [6.45, 7) is 8.52. The number of ketones is 1. The molecule has 0 spiro atoms.